The molecule has 0 bridgehead atoms. The zero-order valence-electron chi connectivity index (χ0n) is 15.1. The van der Waals surface area contributed by atoms with Crippen LogP contribution in [0.4, 0.5) is 5.69 Å². The Balaban J connectivity index is 2.17. The van der Waals surface area contributed by atoms with Crippen molar-refractivity contribution >= 4 is 27.5 Å². The molecule has 0 heterocycles. The highest BCUT2D eigenvalue weighted by molar-refractivity contribution is 7.89. The number of nitrogens with two attached hydrogens (primary N) is 4. The summed E-state index contributed by atoms with van der Waals surface area (Å²) in [5.74, 6) is -1.26. The Bertz CT molecular complexity index is 1220. The van der Waals surface area contributed by atoms with Crippen LogP contribution in [-0.4, -0.2) is 20.2 Å². The Labute approximate surface area is 167 Å². The Morgan fingerprint density at radius 2 is 1.28 bits per heavy atom. The quantitative estimate of drug-likeness (QED) is 0.465. The average Bonchev–Trinajstić information content (AvgIpc) is 2.67. The third-order valence-electron chi connectivity index (χ3n) is 4.44. The lowest BCUT2D eigenvalue weighted by Crippen LogP contribution is -2.14. The van der Waals surface area contributed by atoms with Crippen molar-refractivity contribution in [3.8, 4) is 22.3 Å². The van der Waals surface area contributed by atoms with Gasteiger partial charge >= 0.3 is 0 Å². The van der Waals surface area contributed by atoms with Crippen LogP contribution in [0.5, 0.6) is 0 Å². The number of carbonyl (C=O) groups is 2. The van der Waals surface area contributed by atoms with Gasteiger partial charge in [-0.15, -0.1) is 0 Å². The molecule has 9 heteroatoms. The van der Waals surface area contributed by atoms with E-state index in [-0.39, 0.29) is 16.1 Å². The zero-order chi connectivity index (χ0) is 21.3. The van der Waals surface area contributed by atoms with Crippen LogP contribution in [-0.2, 0) is 10.0 Å². The van der Waals surface area contributed by atoms with Crippen molar-refractivity contribution in [1.82, 2.24) is 0 Å². The van der Waals surface area contributed by atoms with Crippen LogP contribution in [0.2, 0.25) is 0 Å². The van der Waals surface area contributed by atoms with Gasteiger partial charge in [-0.05, 0) is 53.1 Å². The predicted octanol–water partition coefficient (Wildman–Crippen LogP) is 1.45. The lowest BCUT2D eigenvalue weighted by Gasteiger charge is -2.14. The second-order valence-electron chi connectivity index (χ2n) is 6.36. The molecule has 3 aromatic rings. The van der Waals surface area contributed by atoms with Crippen molar-refractivity contribution in [3.05, 3.63) is 71.8 Å². The van der Waals surface area contributed by atoms with Crippen LogP contribution in [0.25, 0.3) is 22.3 Å². The Morgan fingerprint density at radius 3 is 1.76 bits per heavy atom. The van der Waals surface area contributed by atoms with Crippen LogP contribution >= 0.6 is 0 Å². The molecule has 0 aliphatic heterocycles. The van der Waals surface area contributed by atoms with Gasteiger partial charge in [-0.25, -0.2) is 13.6 Å². The first-order valence-corrected chi connectivity index (χ1v) is 9.89. The fourth-order valence-corrected chi connectivity index (χ4v) is 3.43. The predicted molar refractivity (Wildman–Crippen MR) is 110 cm³/mol. The number of primary amides is 2. The summed E-state index contributed by atoms with van der Waals surface area (Å²) >= 11 is 0. The maximum Gasteiger partial charge on any atom is 0.250 e. The van der Waals surface area contributed by atoms with Gasteiger partial charge in [0.15, 0.2) is 0 Å². The highest BCUT2D eigenvalue weighted by Gasteiger charge is 2.16. The molecule has 0 aliphatic carbocycles. The van der Waals surface area contributed by atoms with Crippen LogP contribution in [0.1, 0.15) is 20.7 Å². The molecule has 0 fully saturated rings. The van der Waals surface area contributed by atoms with Crippen molar-refractivity contribution in [2.24, 2.45) is 16.6 Å². The van der Waals surface area contributed by atoms with E-state index in [1.54, 1.807) is 36.4 Å². The number of rotatable bonds is 5. The highest BCUT2D eigenvalue weighted by Crippen LogP contribution is 2.34. The molecule has 3 aromatic carbocycles. The molecule has 3 rings (SSSR count). The molecular weight excluding hydrogens is 392 g/mol. The van der Waals surface area contributed by atoms with Crippen LogP contribution in [0.3, 0.4) is 0 Å². The van der Waals surface area contributed by atoms with Gasteiger partial charge in [-0.1, -0.05) is 24.3 Å². The monoisotopic (exact) mass is 410 g/mol. The second-order valence-corrected chi connectivity index (χ2v) is 7.92. The fourth-order valence-electron chi connectivity index (χ4n) is 2.91. The summed E-state index contributed by atoms with van der Waals surface area (Å²) < 4.78 is 22.9. The zero-order valence-corrected chi connectivity index (χ0v) is 15.9. The van der Waals surface area contributed by atoms with E-state index in [0.29, 0.717) is 27.8 Å². The van der Waals surface area contributed by atoms with Gasteiger partial charge < -0.3 is 17.2 Å². The molecule has 0 atom stereocenters. The molecule has 0 saturated carbocycles. The van der Waals surface area contributed by atoms with Gasteiger partial charge in [0.2, 0.25) is 15.9 Å². The Hall–Kier alpha value is -3.69. The second kappa shape index (κ2) is 7.38. The topological polar surface area (TPSA) is 172 Å². The maximum absolute atomic E-state index is 11.9. The van der Waals surface area contributed by atoms with Gasteiger partial charge in [-0.3, -0.25) is 9.59 Å². The molecule has 8 N–H and O–H groups in total. The minimum Gasteiger partial charge on any atom is -0.398 e. The van der Waals surface area contributed by atoms with Gasteiger partial charge in [-0.2, -0.15) is 0 Å². The first kappa shape index (κ1) is 20.1. The lowest BCUT2D eigenvalue weighted by molar-refractivity contribution is 0.0992. The summed E-state index contributed by atoms with van der Waals surface area (Å²) in [5.41, 5.74) is 19.9. The van der Waals surface area contributed by atoms with Gasteiger partial charge in [0.25, 0.3) is 5.91 Å². The van der Waals surface area contributed by atoms with Gasteiger partial charge in [0.1, 0.15) is 0 Å². The largest absolute Gasteiger partial charge is 0.398 e. The van der Waals surface area contributed by atoms with Crippen LogP contribution in [0, 0.1) is 0 Å². The van der Waals surface area contributed by atoms with Crippen molar-refractivity contribution < 1.29 is 18.0 Å². The summed E-state index contributed by atoms with van der Waals surface area (Å²) in [5, 5.41) is 5.13. The van der Waals surface area contributed by atoms with Crippen molar-refractivity contribution in [1.29, 1.82) is 0 Å². The summed E-state index contributed by atoms with van der Waals surface area (Å²) in [6.07, 6.45) is 0. The first-order valence-electron chi connectivity index (χ1n) is 8.34. The molecule has 0 aliphatic rings. The van der Waals surface area contributed by atoms with E-state index in [0.717, 1.165) is 0 Å². The van der Waals surface area contributed by atoms with E-state index in [4.69, 9.17) is 22.3 Å². The van der Waals surface area contributed by atoms with Crippen molar-refractivity contribution in [3.63, 3.8) is 0 Å². The Morgan fingerprint density at radius 1 is 0.724 bits per heavy atom. The number of sulfonamides is 1. The molecule has 29 heavy (non-hydrogen) atoms. The van der Waals surface area contributed by atoms with E-state index in [1.807, 2.05) is 0 Å². The Kier molecular flexibility index (Phi) is 5.10. The maximum atomic E-state index is 11.9. The van der Waals surface area contributed by atoms with Gasteiger partial charge in [0.05, 0.1) is 16.1 Å². The molecule has 0 aromatic heterocycles. The van der Waals surface area contributed by atoms with Gasteiger partial charge in [0, 0.05) is 11.1 Å². The number of hydrogen-bond donors (Lipinski definition) is 4. The normalized spacial score (nSPS) is 11.2. The summed E-state index contributed by atoms with van der Waals surface area (Å²) in [4.78, 5) is 23.1. The number of amides is 2. The highest BCUT2D eigenvalue weighted by atomic mass is 32.2. The number of anilines is 1. The molecule has 2 amide bonds. The minimum absolute atomic E-state index is 0.0480. The number of hydrogen-bond acceptors (Lipinski definition) is 5. The molecule has 0 saturated heterocycles. The SMILES string of the molecule is NC(=O)c1ccc(-c2cc(C(N)=O)c(N)c(-c3ccc(S(N)(=O)=O)cc3)c2)cc1. The summed E-state index contributed by atoms with van der Waals surface area (Å²) in [6, 6.07) is 15.6. The third-order valence-corrected chi connectivity index (χ3v) is 5.37. The number of primary sulfonamides is 1. The number of nitrogen functional groups attached to an aromatic ring is 1. The molecule has 0 radical (unpaired) electrons. The van der Waals surface area contributed by atoms with Crippen LogP contribution in [0.15, 0.2) is 65.6 Å². The molecule has 0 spiro atoms. The molecule has 148 valence electrons. The standard InChI is InChI=1S/C20H18N4O4S/c21-18-16(12-5-7-15(8-6-12)29(24,27)28)9-14(10-17(18)20(23)26)11-1-3-13(4-2-11)19(22)25/h1-10H,21H2,(H2,22,25)(H2,23,26)(H2,24,27,28). The smallest absolute Gasteiger partial charge is 0.250 e. The van der Waals surface area contributed by atoms with E-state index >= 15 is 0 Å². The van der Waals surface area contributed by atoms with E-state index in [2.05, 4.69) is 0 Å². The first-order chi connectivity index (χ1) is 13.6. The van der Waals surface area contributed by atoms with Crippen LogP contribution < -0.4 is 22.3 Å². The fraction of sp³-hybridized carbons (Fsp3) is 0. The average molecular weight is 410 g/mol. The molecular formula is C20H18N4O4S. The van der Waals surface area contributed by atoms with E-state index < -0.39 is 21.8 Å². The summed E-state index contributed by atoms with van der Waals surface area (Å²) in [7, 11) is -3.84. The van der Waals surface area contributed by atoms with E-state index in [9.17, 15) is 18.0 Å². The van der Waals surface area contributed by atoms with Crippen molar-refractivity contribution in [2.45, 2.75) is 4.90 Å². The summed E-state index contributed by atoms with van der Waals surface area (Å²) in [6.45, 7) is 0. The third kappa shape index (κ3) is 4.10. The minimum atomic E-state index is -3.84. The molecule has 8 nitrogen and oxygen atoms in total. The van der Waals surface area contributed by atoms with Crippen molar-refractivity contribution in [2.75, 3.05) is 5.73 Å². The van der Waals surface area contributed by atoms with E-state index in [1.165, 1.54) is 24.3 Å². The number of benzene rings is 3. The molecule has 0 unspecified atom stereocenters. The number of carbonyl (C=O) groups excluding carboxylic acids is 2. The lowest BCUT2D eigenvalue weighted by atomic mass is 9.93.